The SMILES string of the molecule is Cc1cc(C(C)N2C=CC(C=O)=NC2C)cnc1OCC(F)(F)F. The second kappa shape index (κ2) is 7.02. The number of hydrogen-bond donors (Lipinski definition) is 0. The summed E-state index contributed by atoms with van der Waals surface area (Å²) in [6.07, 6.45) is 0.936. The van der Waals surface area contributed by atoms with Crippen molar-refractivity contribution in [1.82, 2.24) is 9.88 Å². The molecule has 24 heavy (non-hydrogen) atoms. The molecular formula is C16H18F3N3O2. The fraction of sp³-hybridized carbons (Fsp3) is 0.438. The molecule has 0 saturated carbocycles. The van der Waals surface area contributed by atoms with Crippen molar-refractivity contribution in [3.63, 3.8) is 0 Å². The number of carbonyl (C=O) groups is 1. The van der Waals surface area contributed by atoms with Crippen LogP contribution in [0.25, 0.3) is 0 Å². The summed E-state index contributed by atoms with van der Waals surface area (Å²) < 4.78 is 41.4. The molecule has 0 aliphatic carbocycles. The number of hydrogen-bond acceptors (Lipinski definition) is 5. The molecule has 8 heteroatoms. The first-order valence-corrected chi connectivity index (χ1v) is 7.36. The molecule has 0 bridgehead atoms. The van der Waals surface area contributed by atoms with Crippen molar-refractivity contribution in [3.8, 4) is 5.88 Å². The summed E-state index contributed by atoms with van der Waals surface area (Å²) in [4.78, 5) is 20.9. The minimum absolute atomic E-state index is 0.0354. The van der Waals surface area contributed by atoms with Gasteiger partial charge in [0.2, 0.25) is 5.88 Å². The highest BCUT2D eigenvalue weighted by Crippen LogP contribution is 2.28. The molecule has 0 aromatic carbocycles. The van der Waals surface area contributed by atoms with Gasteiger partial charge in [0, 0.05) is 18.0 Å². The van der Waals surface area contributed by atoms with Crippen LogP contribution in [0.3, 0.4) is 0 Å². The molecule has 1 aromatic heterocycles. The zero-order valence-electron chi connectivity index (χ0n) is 13.5. The number of aldehydes is 1. The lowest BCUT2D eigenvalue weighted by Gasteiger charge is -2.33. The Kier molecular flexibility index (Phi) is 5.26. The van der Waals surface area contributed by atoms with Gasteiger partial charge < -0.3 is 9.64 Å². The number of halogens is 3. The first kappa shape index (κ1) is 18.0. The molecule has 1 aromatic rings. The molecule has 0 fully saturated rings. The molecule has 2 heterocycles. The highest BCUT2D eigenvalue weighted by atomic mass is 19.4. The van der Waals surface area contributed by atoms with Crippen molar-refractivity contribution >= 4 is 12.0 Å². The summed E-state index contributed by atoms with van der Waals surface area (Å²) in [6.45, 7) is 4.05. The highest BCUT2D eigenvalue weighted by molar-refractivity contribution is 6.33. The van der Waals surface area contributed by atoms with Gasteiger partial charge in [0.25, 0.3) is 0 Å². The number of aliphatic imine (C=N–C) groups is 1. The first-order valence-electron chi connectivity index (χ1n) is 7.36. The number of rotatable bonds is 5. The van der Waals surface area contributed by atoms with E-state index in [2.05, 4.69) is 9.98 Å². The van der Waals surface area contributed by atoms with Gasteiger partial charge in [-0.3, -0.25) is 9.79 Å². The standard InChI is InChI=1S/C16H18F3N3O2/c1-10-6-13(7-20-15(10)24-9-16(17,18)19)11(2)22-5-4-14(8-23)21-12(22)3/h4-8,11-12H,9H2,1-3H3. The van der Waals surface area contributed by atoms with E-state index in [0.29, 0.717) is 17.6 Å². The van der Waals surface area contributed by atoms with Gasteiger partial charge >= 0.3 is 6.18 Å². The molecule has 2 atom stereocenters. The molecule has 0 N–H and O–H groups in total. The van der Waals surface area contributed by atoms with Crippen LogP contribution in [-0.4, -0.2) is 40.8 Å². The predicted octanol–water partition coefficient (Wildman–Crippen LogP) is 3.21. The molecule has 130 valence electrons. The van der Waals surface area contributed by atoms with E-state index in [9.17, 15) is 18.0 Å². The van der Waals surface area contributed by atoms with Crippen molar-refractivity contribution < 1.29 is 22.7 Å². The smallest absolute Gasteiger partial charge is 0.422 e. The molecule has 1 aliphatic rings. The molecular weight excluding hydrogens is 323 g/mol. The Morgan fingerprint density at radius 1 is 1.46 bits per heavy atom. The Morgan fingerprint density at radius 3 is 2.71 bits per heavy atom. The Bertz CT molecular complexity index is 671. The normalized spacial score (nSPS) is 19.0. The monoisotopic (exact) mass is 341 g/mol. The fourth-order valence-electron chi connectivity index (χ4n) is 2.42. The molecule has 0 amide bonds. The number of aromatic nitrogens is 1. The molecule has 0 radical (unpaired) electrons. The third kappa shape index (κ3) is 4.33. The average molecular weight is 341 g/mol. The number of nitrogens with zero attached hydrogens (tertiary/aromatic N) is 3. The molecule has 1 aliphatic heterocycles. The maximum absolute atomic E-state index is 12.2. The van der Waals surface area contributed by atoms with E-state index in [1.54, 1.807) is 25.3 Å². The number of alkyl halides is 3. The van der Waals surface area contributed by atoms with E-state index >= 15 is 0 Å². The van der Waals surface area contributed by atoms with Crippen LogP contribution in [0.4, 0.5) is 13.2 Å². The Labute approximate surface area is 137 Å². The van der Waals surface area contributed by atoms with Crippen molar-refractivity contribution in [2.45, 2.75) is 39.2 Å². The lowest BCUT2D eigenvalue weighted by molar-refractivity contribution is -0.154. The highest BCUT2D eigenvalue weighted by Gasteiger charge is 2.29. The van der Waals surface area contributed by atoms with Gasteiger partial charge in [0.1, 0.15) is 11.9 Å². The number of carbonyl (C=O) groups excluding carboxylic acids is 1. The number of ether oxygens (including phenoxy) is 1. The lowest BCUT2D eigenvalue weighted by atomic mass is 10.1. The Hall–Kier alpha value is -2.38. The van der Waals surface area contributed by atoms with E-state index in [1.807, 2.05) is 18.7 Å². The van der Waals surface area contributed by atoms with Gasteiger partial charge in [-0.05, 0) is 38.5 Å². The number of pyridine rings is 1. The maximum atomic E-state index is 12.2. The van der Waals surface area contributed by atoms with Crippen LogP contribution in [0.5, 0.6) is 5.88 Å². The molecule has 0 saturated heterocycles. The molecule has 5 nitrogen and oxygen atoms in total. The van der Waals surface area contributed by atoms with Crippen LogP contribution in [0.15, 0.2) is 29.5 Å². The lowest BCUT2D eigenvalue weighted by Crippen LogP contribution is -2.33. The summed E-state index contributed by atoms with van der Waals surface area (Å²) in [5.74, 6) is -0.0354. The van der Waals surface area contributed by atoms with Crippen molar-refractivity contribution in [2.75, 3.05) is 6.61 Å². The van der Waals surface area contributed by atoms with Crippen LogP contribution >= 0.6 is 0 Å². The minimum Gasteiger partial charge on any atom is -0.468 e. The first-order chi connectivity index (χ1) is 11.2. The van der Waals surface area contributed by atoms with E-state index in [1.165, 1.54) is 6.20 Å². The van der Waals surface area contributed by atoms with Crippen molar-refractivity contribution in [1.29, 1.82) is 0 Å². The zero-order chi connectivity index (χ0) is 17.9. The largest absolute Gasteiger partial charge is 0.468 e. The van der Waals surface area contributed by atoms with Gasteiger partial charge in [0.05, 0.1) is 6.04 Å². The fourth-order valence-corrected chi connectivity index (χ4v) is 2.42. The Morgan fingerprint density at radius 2 is 2.17 bits per heavy atom. The maximum Gasteiger partial charge on any atom is 0.422 e. The zero-order valence-corrected chi connectivity index (χ0v) is 13.5. The van der Waals surface area contributed by atoms with Gasteiger partial charge in [0.15, 0.2) is 12.9 Å². The summed E-state index contributed by atoms with van der Waals surface area (Å²) >= 11 is 0. The topological polar surface area (TPSA) is 54.8 Å². The molecule has 2 rings (SSSR count). The summed E-state index contributed by atoms with van der Waals surface area (Å²) in [5.41, 5.74) is 1.71. The third-order valence-corrected chi connectivity index (χ3v) is 3.66. The van der Waals surface area contributed by atoms with Crippen molar-refractivity contribution in [2.24, 2.45) is 4.99 Å². The van der Waals surface area contributed by atoms with E-state index in [4.69, 9.17) is 4.74 Å². The van der Waals surface area contributed by atoms with Gasteiger partial charge in [-0.25, -0.2) is 4.98 Å². The third-order valence-electron chi connectivity index (χ3n) is 3.66. The van der Waals surface area contributed by atoms with Crippen LogP contribution < -0.4 is 4.74 Å². The summed E-state index contributed by atoms with van der Waals surface area (Å²) in [7, 11) is 0. The second-order valence-electron chi connectivity index (χ2n) is 5.54. The van der Waals surface area contributed by atoms with Gasteiger partial charge in [-0.1, -0.05) is 0 Å². The Balaban J connectivity index is 2.12. The molecule has 0 spiro atoms. The molecule has 2 unspecified atom stereocenters. The van der Waals surface area contributed by atoms with Crippen LogP contribution in [0.1, 0.15) is 31.0 Å². The second-order valence-corrected chi connectivity index (χ2v) is 5.54. The quantitative estimate of drug-likeness (QED) is 0.772. The van der Waals surface area contributed by atoms with Crippen LogP contribution in [0.2, 0.25) is 0 Å². The number of allylic oxidation sites excluding steroid dienone is 1. The summed E-state index contributed by atoms with van der Waals surface area (Å²) in [5, 5.41) is 0. The van der Waals surface area contributed by atoms with Gasteiger partial charge in [-0.2, -0.15) is 13.2 Å². The number of aryl methyl sites for hydroxylation is 1. The van der Waals surface area contributed by atoms with E-state index in [-0.39, 0.29) is 18.1 Å². The van der Waals surface area contributed by atoms with Gasteiger partial charge in [-0.15, -0.1) is 0 Å². The van der Waals surface area contributed by atoms with Crippen LogP contribution in [0, 0.1) is 6.92 Å². The minimum atomic E-state index is -4.40. The van der Waals surface area contributed by atoms with Crippen molar-refractivity contribution in [3.05, 3.63) is 35.7 Å². The summed E-state index contributed by atoms with van der Waals surface area (Å²) in [6, 6.07) is 1.62. The van der Waals surface area contributed by atoms with E-state index < -0.39 is 12.8 Å². The van der Waals surface area contributed by atoms with E-state index in [0.717, 1.165) is 5.56 Å². The predicted molar refractivity (Wildman–Crippen MR) is 82.9 cm³/mol. The van der Waals surface area contributed by atoms with Crippen LogP contribution in [-0.2, 0) is 4.79 Å². The average Bonchev–Trinajstić information content (AvgIpc) is 2.52.